The van der Waals surface area contributed by atoms with E-state index in [0.717, 1.165) is 0 Å². The monoisotopic (exact) mass is 210 g/mol. The maximum absolute atomic E-state index is 0. The van der Waals surface area contributed by atoms with Gasteiger partial charge in [-0.2, -0.15) is 0 Å². The zero-order valence-electron chi connectivity index (χ0n) is 5.21. The molecule has 22 valence electrons. The van der Waals surface area contributed by atoms with Crippen LogP contribution < -0.4 is 29.6 Å². The Bertz CT molecular complexity index is 14.9. The molecular formula is H9GeMgNaSe. The summed E-state index contributed by atoms with van der Waals surface area (Å²) in [7, 11) is 0. The minimum atomic E-state index is 0. The Labute approximate surface area is 90.2 Å². The molecule has 4 heavy (non-hydrogen) atoms. The molecule has 0 N–H and O–H groups in total. The Morgan fingerprint density at radius 1 is 1.25 bits per heavy atom. The van der Waals surface area contributed by atoms with Crippen molar-refractivity contribution in [1.29, 1.82) is 0 Å². The predicted molar refractivity (Wildman–Crippen MR) is 29.0 cm³/mol. The van der Waals surface area contributed by atoms with Gasteiger partial charge in [0.1, 0.15) is 0 Å². The van der Waals surface area contributed by atoms with E-state index >= 15 is 0 Å². The summed E-state index contributed by atoms with van der Waals surface area (Å²) in [6, 6.07) is 0. The van der Waals surface area contributed by atoms with Gasteiger partial charge in [-0.25, -0.2) is 0 Å². The molecule has 0 aromatic rings. The molecule has 0 heterocycles. The average molecular weight is 208 g/mol. The zero-order chi connectivity index (χ0) is 0. The first-order valence-corrected chi connectivity index (χ1v) is 0. The van der Waals surface area contributed by atoms with Crippen LogP contribution in [-0.4, -0.2) is 57.7 Å². The zero-order valence-corrected chi connectivity index (χ0v) is 7.72. The molecule has 0 aliphatic rings. The molecule has 0 nitrogen and oxygen atoms in total. The van der Waals surface area contributed by atoms with Gasteiger partial charge in [-0.1, -0.05) is 0 Å². The normalized spacial score (nSPS) is 0. The van der Waals surface area contributed by atoms with Gasteiger partial charge in [-0.3, -0.25) is 0 Å². The molecule has 0 aromatic carbocycles. The van der Waals surface area contributed by atoms with Crippen molar-refractivity contribution in [2.45, 2.75) is 0 Å². The van der Waals surface area contributed by atoms with Crippen LogP contribution in [-0.2, 0) is 0 Å². The quantitative estimate of drug-likeness (QED) is 0.348. The van der Waals surface area contributed by atoms with Gasteiger partial charge in [0.2, 0.25) is 0 Å². The maximum atomic E-state index is 0. The van der Waals surface area contributed by atoms with Crippen LogP contribution >= 0.6 is 0 Å². The standard InChI is InChI=1S/GeH4.Mg.Na.H2Se.3H/h1H4;;;1H2;;;/q;+2;+1;;3*-1. The molecule has 0 unspecified atom stereocenters. The van der Waals surface area contributed by atoms with Crippen LogP contribution in [0.2, 0.25) is 0 Å². The van der Waals surface area contributed by atoms with Crippen molar-refractivity contribution in [3.05, 3.63) is 0 Å². The second kappa shape index (κ2) is 17.0. The fourth-order valence-corrected chi connectivity index (χ4v) is 0. The third-order valence-electron chi connectivity index (χ3n) is 0. The Morgan fingerprint density at radius 3 is 1.25 bits per heavy atom. The van der Waals surface area contributed by atoms with E-state index in [4.69, 9.17) is 0 Å². The summed E-state index contributed by atoms with van der Waals surface area (Å²) in [5.41, 5.74) is 0. The first-order valence-electron chi connectivity index (χ1n) is 0. The molecule has 0 aliphatic carbocycles. The van der Waals surface area contributed by atoms with E-state index in [2.05, 4.69) is 0 Å². The molecule has 0 bridgehead atoms. The van der Waals surface area contributed by atoms with Gasteiger partial charge in [-0.05, 0) is 0 Å². The molecule has 4 heteroatoms. The van der Waals surface area contributed by atoms with E-state index in [1.165, 1.54) is 0 Å². The van der Waals surface area contributed by atoms with E-state index in [1.54, 1.807) is 0 Å². The molecule has 0 rings (SSSR count). The summed E-state index contributed by atoms with van der Waals surface area (Å²) >= 11 is 0. The van der Waals surface area contributed by atoms with Gasteiger partial charge in [0.05, 0.1) is 0 Å². The van der Waals surface area contributed by atoms with Crippen LogP contribution in [0.5, 0.6) is 0 Å². The van der Waals surface area contributed by atoms with Gasteiger partial charge < -0.3 is 4.28 Å². The predicted octanol–water partition coefficient (Wildman–Crippen LogP) is -5.41. The van der Waals surface area contributed by atoms with Crippen LogP contribution in [0.4, 0.5) is 0 Å². The third kappa shape index (κ3) is 8.85. The molecule has 0 saturated heterocycles. The van der Waals surface area contributed by atoms with Crippen molar-refractivity contribution in [1.82, 2.24) is 0 Å². The molecule has 0 aliphatic heterocycles. The fourth-order valence-electron chi connectivity index (χ4n) is 0. The van der Waals surface area contributed by atoms with Crippen LogP contribution in [0.1, 0.15) is 4.28 Å². The first kappa shape index (κ1) is 29.0. The fraction of sp³-hybridized carbons (Fsp3) is 0. The number of hydrogen-bond acceptors (Lipinski definition) is 0. The van der Waals surface area contributed by atoms with E-state index in [0.29, 0.717) is 0 Å². The molecule has 0 radical (unpaired) electrons. The average Bonchev–Trinajstić information content (AvgIpc) is 0. The van der Waals surface area contributed by atoms with Crippen molar-refractivity contribution in [2.24, 2.45) is 0 Å². The molecule has 0 amide bonds. The summed E-state index contributed by atoms with van der Waals surface area (Å²) in [4.78, 5) is 0. The van der Waals surface area contributed by atoms with Gasteiger partial charge in [-0.15, -0.1) is 0 Å². The van der Waals surface area contributed by atoms with Gasteiger partial charge in [0.25, 0.3) is 0 Å². The molecule has 0 fully saturated rings. The van der Waals surface area contributed by atoms with E-state index in [-0.39, 0.29) is 91.6 Å². The Hall–Kier alpha value is 2.83. The summed E-state index contributed by atoms with van der Waals surface area (Å²) in [5, 5.41) is 0. The van der Waals surface area contributed by atoms with Crippen LogP contribution in [0.25, 0.3) is 0 Å². The topological polar surface area (TPSA) is 0 Å². The minimum absolute atomic E-state index is 0. The SMILES string of the molecule is [GeH4].[H-].[H-].[H-].[Mg+2].[Na+].[SeH2]. The molecule has 0 spiro atoms. The number of hydrogen-bond donors (Lipinski definition) is 0. The summed E-state index contributed by atoms with van der Waals surface area (Å²) in [6.45, 7) is 0. The van der Waals surface area contributed by atoms with E-state index < -0.39 is 0 Å². The molecular weight excluding hydrogens is 199 g/mol. The van der Waals surface area contributed by atoms with Crippen molar-refractivity contribution in [2.75, 3.05) is 0 Å². The molecule has 0 atom stereocenters. The summed E-state index contributed by atoms with van der Waals surface area (Å²) in [5.74, 6) is 0. The van der Waals surface area contributed by atoms with Gasteiger partial charge >= 0.3 is 87.3 Å². The first-order chi connectivity index (χ1) is 0. The van der Waals surface area contributed by atoms with Crippen molar-refractivity contribution >= 4 is 57.7 Å². The molecule has 0 aromatic heterocycles. The summed E-state index contributed by atoms with van der Waals surface area (Å²) < 4.78 is 0. The van der Waals surface area contributed by atoms with Crippen molar-refractivity contribution in [3.63, 3.8) is 0 Å². The second-order valence-electron chi connectivity index (χ2n) is 0. The molecule has 0 saturated carbocycles. The van der Waals surface area contributed by atoms with Crippen LogP contribution in [0.15, 0.2) is 0 Å². The Balaban J connectivity index is 0. The van der Waals surface area contributed by atoms with Gasteiger partial charge in [0, 0.05) is 0 Å². The van der Waals surface area contributed by atoms with E-state index in [9.17, 15) is 0 Å². The second-order valence-corrected chi connectivity index (χ2v) is 0. The number of rotatable bonds is 0. The van der Waals surface area contributed by atoms with E-state index in [1.807, 2.05) is 0 Å². The van der Waals surface area contributed by atoms with Crippen LogP contribution in [0.3, 0.4) is 0 Å². The Kier molecular flexibility index (Phi) is 123. The van der Waals surface area contributed by atoms with Gasteiger partial charge in [0.15, 0.2) is 0 Å². The van der Waals surface area contributed by atoms with Crippen molar-refractivity contribution in [3.8, 4) is 0 Å². The third-order valence-corrected chi connectivity index (χ3v) is 0. The van der Waals surface area contributed by atoms with Crippen molar-refractivity contribution < 1.29 is 33.8 Å². The Morgan fingerprint density at radius 2 is 1.25 bits per heavy atom. The summed E-state index contributed by atoms with van der Waals surface area (Å²) in [6.07, 6.45) is 0. The van der Waals surface area contributed by atoms with Crippen LogP contribution in [0, 0.1) is 0 Å².